The number of hydrogen-bond donors (Lipinski definition) is 0. The minimum atomic E-state index is -0.723. The number of carbonyl (C=O) groups is 1. The van der Waals surface area contributed by atoms with Crippen molar-refractivity contribution in [3.05, 3.63) is 0 Å². The number of carbonyl (C=O) groups excluding carboxylic acids is 1. The molecule has 0 bridgehead atoms. The molecule has 0 N–H and O–H groups in total. The lowest BCUT2D eigenvalue weighted by Crippen LogP contribution is -2.40. The standard InChI is InChI=1S/C16H26O7/c1-6-18-11(17)7-9-12(10-8-19-15(2,3)21-10)20-14-13(9)22-16(4,5)23-14/h9-10,12-14H,6-8H2,1-5H3/t9-,10-,12+,13-,14-/m1/s1. The first kappa shape index (κ1) is 17.1. The van der Waals surface area contributed by atoms with E-state index in [1.807, 2.05) is 27.7 Å². The Hall–Kier alpha value is -0.730. The molecule has 0 aromatic heterocycles. The number of esters is 1. The van der Waals surface area contributed by atoms with Gasteiger partial charge in [-0.05, 0) is 34.6 Å². The maximum Gasteiger partial charge on any atom is 0.306 e. The van der Waals surface area contributed by atoms with Crippen molar-refractivity contribution in [2.45, 2.75) is 77.2 Å². The minimum absolute atomic E-state index is 0.191. The van der Waals surface area contributed by atoms with Crippen LogP contribution in [0.5, 0.6) is 0 Å². The van der Waals surface area contributed by atoms with Crippen LogP contribution >= 0.6 is 0 Å². The van der Waals surface area contributed by atoms with Crippen LogP contribution in [0.2, 0.25) is 0 Å². The molecule has 3 heterocycles. The lowest BCUT2D eigenvalue weighted by molar-refractivity contribution is -0.227. The van der Waals surface area contributed by atoms with Gasteiger partial charge in [0, 0.05) is 5.92 Å². The fourth-order valence-electron chi connectivity index (χ4n) is 3.48. The highest BCUT2D eigenvalue weighted by Crippen LogP contribution is 2.45. The lowest BCUT2D eigenvalue weighted by Gasteiger charge is -2.28. The molecule has 0 saturated carbocycles. The van der Waals surface area contributed by atoms with E-state index in [2.05, 4.69) is 0 Å². The van der Waals surface area contributed by atoms with E-state index >= 15 is 0 Å². The van der Waals surface area contributed by atoms with E-state index in [9.17, 15) is 4.79 Å². The number of rotatable bonds is 4. The van der Waals surface area contributed by atoms with Crippen molar-refractivity contribution >= 4 is 5.97 Å². The Morgan fingerprint density at radius 3 is 2.43 bits per heavy atom. The third kappa shape index (κ3) is 3.53. The Morgan fingerprint density at radius 1 is 1.09 bits per heavy atom. The zero-order valence-corrected chi connectivity index (χ0v) is 14.4. The Morgan fingerprint density at radius 2 is 1.83 bits per heavy atom. The van der Waals surface area contributed by atoms with Gasteiger partial charge in [-0.15, -0.1) is 0 Å². The van der Waals surface area contributed by atoms with E-state index in [0.29, 0.717) is 13.2 Å². The number of ether oxygens (including phenoxy) is 6. The second-order valence-electron chi connectivity index (χ2n) is 7.11. The monoisotopic (exact) mass is 330 g/mol. The van der Waals surface area contributed by atoms with Gasteiger partial charge in [0.1, 0.15) is 12.2 Å². The lowest BCUT2D eigenvalue weighted by atomic mass is 9.91. The molecule has 132 valence electrons. The van der Waals surface area contributed by atoms with Crippen molar-refractivity contribution in [2.75, 3.05) is 13.2 Å². The summed E-state index contributed by atoms with van der Waals surface area (Å²) in [5.41, 5.74) is 0. The van der Waals surface area contributed by atoms with Crippen molar-refractivity contribution in [3.63, 3.8) is 0 Å². The maximum absolute atomic E-state index is 12.0. The van der Waals surface area contributed by atoms with E-state index in [0.717, 1.165) is 0 Å². The van der Waals surface area contributed by atoms with E-state index < -0.39 is 17.9 Å². The molecule has 0 unspecified atom stereocenters. The minimum Gasteiger partial charge on any atom is -0.466 e. The second-order valence-corrected chi connectivity index (χ2v) is 7.11. The van der Waals surface area contributed by atoms with Gasteiger partial charge >= 0.3 is 5.97 Å². The molecule has 0 aromatic carbocycles. The topological polar surface area (TPSA) is 72.5 Å². The first-order valence-electron chi connectivity index (χ1n) is 8.19. The summed E-state index contributed by atoms with van der Waals surface area (Å²) >= 11 is 0. The number of fused-ring (bicyclic) bond motifs is 1. The molecule has 0 aromatic rings. The van der Waals surface area contributed by atoms with Gasteiger partial charge in [-0.3, -0.25) is 4.79 Å². The highest BCUT2D eigenvalue weighted by molar-refractivity contribution is 5.69. The van der Waals surface area contributed by atoms with E-state index in [1.165, 1.54) is 0 Å². The molecule has 0 spiro atoms. The predicted molar refractivity (Wildman–Crippen MR) is 78.3 cm³/mol. The van der Waals surface area contributed by atoms with Gasteiger partial charge in [0.25, 0.3) is 0 Å². The van der Waals surface area contributed by atoms with Crippen LogP contribution < -0.4 is 0 Å². The SMILES string of the molecule is CCOC(=O)C[C@H]1[C@H]2OC(C)(C)O[C@H]2O[C@@H]1[C@H]1COC(C)(C)O1. The Kier molecular flexibility index (Phi) is 4.44. The molecule has 7 nitrogen and oxygen atoms in total. The Balaban J connectivity index is 1.75. The first-order valence-corrected chi connectivity index (χ1v) is 8.19. The molecule has 23 heavy (non-hydrogen) atoms. The van der Waals surface area contributed by atoms with Crippen molar-refractivity contribution in [3.8, 4) is 0 Å². The fraction of sp³-hybridized carbons (Fsp3) is 0.938. The highest BCUT2D eigenvalue weighted by atomic mass is 16.8. The summed E-state index contributed by atoms with van der Waals surface area (Å²) in [5, 5.41) is 0. The predicted octanol–water partition coefficient (Wildman–Crippen LogP) is 1.58. The molecule has 5 atom stereocenters. The molecule has 0 aliphatic carbocycles. The Bertz CT molecular complexity index is 461. The van der Waals surface area contributed by atoms with E-state index in [4.69, 9.17) is 28.4 Å². The van der Waals surface area contributed by atoms with Gasteiger partial charge in [0.2, 0.25) is 0 Å². The average molecular weight is 330 g/mol. The summed E-state index contributed by atoms with van der Waals surface area (Å²) in [7, 11) is 0. The molecular weight excluding hydrogens is 304 g/mol. The van der Waals surface area contributed by atoms with Gasteiger partial charge in [-0.25, -0.2) is 0 Å². The molecule has 3 aliphatic heterocycles. The molecule has 3 saturated heterocycles. The van der Waals surface area contributed by atoms with Crippen molar-refractivity contribution < 1.29 is 33.2 Å². The van der Waals surface area contributed by atoms with Crippen LogP contribution in [0.1, 0.15) is 41.0 Å². The van der Waals surface area contributed by atoms with Crippen molar-refractivity contribution in [1.82, 2.24) is 0 Å². The van der Waals surface area contributed by atoms with Crippen LogP contribution in [0.3, 0.4) is 0 Å². The Labute approximate surface area is 136 Å². The summed E-state index contributed by atoms with van der Waals surface area (Å²) in [5.74, 6) is -1.83. The molecule has 0 radical (unpaired) electrons. The smallest absolute Gasteiger partial charge is 0.306 e. The number of hydrogen-bond acceptors (Lipinski definition) is 7. The first-order chi connectivity index (χ1) is 10.7. The highest BCUT2D eigenvalue weighted by Gasteiger charge is 2.58. The van der Waals surface area contributed by atoms with Crippen LogP contribution in [-0.4, -0.2) is 55.4 Å². The average Bonchev–Trinajstić information content (AvgIpc) is 3.01. The van der Waals surface area contributed by atoms with Crippen LogP contribution in [0, 0.1) is 5.92 Å². The van der Waals surface area contributed by atoms with Crippen LogP contribution in [0.25, 0.3) is 0 Å². The van der Waals surface area contributed by atoms with E-state index in [-0.39, 0.29) is 36.6 Å². The largest absolute Gasteiger partial charge is 0.466 e. The molecule has 7 heteroatoms. The third-order valence-electron chi connectivity index (χ3n) is 4.33. The molecular formula is C16H26O7. The summed E-state index contributed by atoms with van der Waals surface area (Å²) in [6.07, 6.45) is -1.19. The van der Waals surface area contributed by atoms with Gasteiger partial charge < -0.3 is 28.4 Å². The molecule has 0 amide bonds. The molecule has 3 rings (SSSR count). The zero-order valence-electron chi connectivity index (χ0n) is 14.4. The van der Waals surface area contributed by atoms with Crippen molar-refractivity contribution in [2.24, 2.45) is 5.92 Å². The summed E-state index contributed by atoms with van der Waals surface area (Å²) in [6.45, 7) is 9.95. The third-order valence-corrected chi connectivity index (χ3v) is 4.33. The van der Waals surface area contributed by atoms with Gasteiger partial charge in [-0.1, -0.05) is 0 Å². The molecule has 3 fully saturated rings. The van der Waals surface area contributed by atoms with Gasteiger partial charge in [0.05, 0.1) is 25.7 Å². The van der Waals surface area contributed by atoms with E-state index in [1.54, 1.807) is 6.92 Å². The van der Waals surface area contributed by atoms with Crippen molar-refractivity contribution in [1.29, 1.82) is 0 Å². The van der Waals surface area contributed by atoms with Gasteiger partial charge in [0.15, 0.2) is 17.9 Å². The van der Waals surface area contributed by atoms with Gasteiger partial charge in [-0.2, -0.15) is 0 Å². The summed E-state index contributed by atoms with van der Waals surface area (Å²) in [4.78, 5) is 12.0. The summed E-state index contributed by atoms with van der Waals surface area (Å²) < 4.78 is 34.4. The normalized spacial score (nSPS) is 41.0. The second kappa shape index (κ2) is 5.97. The van der Waals surface area contributed by atoms with Crippen LogP contribution in [-0.2, 0) is 33.2 Å². The van der Waals surface area contributed by atoms with Crippen LogP contribution in [0.4, 0.5) is 0 Å². The quantitative estimate of drug-likeness (QED) is 0.725. The van der Waals surface area contributed by atoms with Crippen LogP contribution in [0.15, 0.2) is 0 Å². The maximum atomic E-state index is 12.0. The molecule has 3 aliphatic rings. The summed E-state index contributed by atoms with van der Waals surface area (Å²) in [6, 6.07) is 0. The zero-order chi connectivity index (χ0) is 16.8. The fourth-order valence-corrected chi connectivity index (χ4v) is 3.48.